The molecule has 0 bridgehead atoms. The van der Waals surface area contributed by atoms with Crippen molar-refractivity contribution < 1.29 is 4.74 Å². The molecular weight excluding hydrogens is 252 g/mol. The first-order chi connectivity index (χ1) is 9.70. The van der Waals surface area contributed by atoms with Crippen molar-refractivity contribution in [3.8, 4) is 0 Å². The molecule has 2 aliphatic heterocycles. The lowest BCUT2D eigenvalue weighted by molar-refractivity contribution is 0.0195. The smallest absolute Gasteiger partial charge is 0.193 e. The van der Waals surface area contributed by atoms with E-state index in [2.05, 4.69) is 34.0 Å². The Morgan fingerprint density at radius 2 is 2.05 bits per heavy atom. The Morgan fingerprint density at radius 1 is 1.30 bits per heavy atom. The zero-order valence-electron chi connectivity index (χ0n) is 13.3. The molecular formula is C15H30N4O. The van der Waals surface area contributed by atoms with Gasteiger partial charge in [0.15, 0.2) is 5.96 Å². The van der Waals surface area contributed by atoms with E-state index in [1.54, 1.807) is 0 Å². The van der Waals surface area contributed by atoms with Crippen molar-refractivity contribution in [1.82, 2.24) is 15.1 Å². The van der Waals surface area contributed by atoms with Crippen molar-refractivity contribution in [2.45, 2.75) is 32.7 Å². The highest BCUT2D eigenvalue weighted by Gasteiger charge is 2.30. The monoisotopic (exact) mass is 282 g/mol. The van der Waals surface area contributed by atoms with Crippen molar-refractivity contribution in [1.29, 1.82) is 0 Å². The first-order valence-electron chi connectivity index (χ1n) is 7.98. The Labute approximate surface area is 123 Å². The summed E-state index contributed by atoms with van der Waals surface area (Å²) in [6.45, 7) is 11.7. The molecule has 1 unspecified atom stereocenters. The van der Waals surface area contributed by atoms with Crippen LogP contribution in [0.4, 0.5) is 0 Å². The first kappa shape index (κ1) is 15.6. The van der Waals surface area contributed by atoms with E-state index in [0.717, 1.165) is 57.8 Å². The summed E-state index contributed by atoms with van der Waals surface area (Å²) in [5, 5.41) is 3.50. The topological polar surface area (TPSA) is 40.1 Å². The maximum Gasteiger partial charge on any atom is 0.193 e. The van der Waals surface area contributed by atoms with Crippen molar-refractivity contribution in [3.05, 3.63) is 0 Å². The summed E-state index contributed by atoms with van der Waals surface area (Å²) in [6, 6.07) is 0.669. The molecule has 0 aromatic carbocycles. The molecule has 2 saturated heterocycles. The number of aliphatic imine (C=N–C) groups is 1. The lowest BCUT2D eigenvalue weighted by atomic mass is 10.1. The molecule has 5 nitrogen and oxygen atoms in total. The molecule has 2 aliphatic rings. The van der Waals surface area contributed by atoms with E-state index in [1.165, 1.54) is 12.8 Å². The fourth-order valence-electron chi connectivity index (χ4n) is 2.98. The largest absolute Gasteiger partial charge is 0.379 e. The second-order valence-corrected chi connectivity index (χ2v) is 6.19. The summed E-state index contributed by atoms with van der Waals surface area (Å²) in [4.78, 5) is 9.41. The summed E-state index contributed by atoms with van der Waals surface area (Å²) < 4.78 is 5.44. The van der Waals surface area contributed by atoms with Gasteiger partial charge in [-0.3, -0.25) is 9.89 Å². The van der Waals surface area contributed by atoms with Crippen LogP contribution in [0.2, 0.25) is 0 Å². The van der Waals surface area contributed by atoms with Gasteiger partial charge in [0.1, 0.15) is 0 Å². The highest BCUT2D eigenvalue weighted by atomic mass is 16.5. The summed E-state index contributed by atoms with van der Waals surface area (Å²) in [5.41, 5.74) is 0. The molecule has 2 heterocycles. The van der Waals surface area contributed by atoms with Crippen LogP contribution in [0.15, 0.2) is 4.99 Å². The Kier molecular flexibility index (Phi) is 6.10. The quantitative estimate of drug-likeness (QED) is 0.617. The van der Waals surface area contributed by atoms with Gasteiger partial charge in [0.25, 0.3) is 0 Å². The third-order valence-electron chi connectivity index (χ3n) is 4.24. The Balaban J connectivity index is 1.77. The zero-order chi connectivity index (χ0) is 14.4. The standard InChI is InChI=1S/C15H30N4O/c1-13(2)4-6-17-15(16-3)19-7-5-14(12-19)18-8-10-20-11-9-18/h13-14H,4-12H2,1-3H3,(H,16,17). The summed E-state index contributed by atoms with van der Waals surface area (Å²) in [5.74, 6) is 1.81. The average molecular weight is 282 g/mol. The van der Waals surface area contributed by atoms with Gasteiger partial charge in [0, 0.05) is 45.8 Å². The second-order valence-electron chi connectivity index (χ2n) is 6.19. The average Bonchev–Trinajstić information content (AvgIpc) is 2.94. The van der Waals surface area contributed by atoms with Crippen LogP contribution in [0.3, 0.4) is 0 Å². The minimum Gasteiger partial charge on any atom is -0.379 e. The van der Waals surface area contributed by atoms with E-state index >= 15 is 0 Å². The van der Waals surface area contributed by atoms with Gasteiger partial charge in [-0.1, -0.05) is 13.8 Å². The summed E-state index contributed by atoms with van der Waals surface area (Å²) >= 11 is 0. The molecule has 20 heavy (non-hydrogen) atoms. The second kappa shape index (κ2) is 7.84. The van der Waals surface area contributed by atoms with E-state index in [4.69, 9.17) is 4.74 Å². The molecule has 1 N–H and O–H groups in total. The minimum absolute atomic E-state index is 0.669. The molecule has 2 rings (SSSR count). The number of hydrogen-bond acceptors (Lipinski definition) is 3. The number of morpholine rings is 1. The van der Waals surface area contributed by atoms with Crippen molar-refractivity contribution >= 4 is 5.96 Å². The van der Waals surface area contributed by atoms with Gasteiger partial charge in [-0.25, -0.2) is 0 Å². The third-order valence-corrected chi connectivity index (χ3v) is 4.24. The van der Waals surface area contributed by atoms with Crippen LogP contribution in [0, 0.1) is 5.92 Å². The van der Waals surface area contributed by atoms with Crippen LogP contribution in [-0.2, 0) is 4.74 Å². The normalized spacial score (nSPS) is 25.5. The fourth-order valence-corrected chi connectivity index (χ4v) is 2.98. The van der Waals surface area contributed by atoms with Crippen LogP contribution in [-0.4, -0.2) is 74.8 Å². The van der Waals surface area contributed by atoms with Crippen LogP contribution < -0.4 is 5.32 Å². The number of rotatable bonds is 4. The maximum atomic E-state index is 5.44. The lowest BCUT2D eigenvalue weighted by Crippen LogP contribution is -2.46. The maximum absolute atomic E-state index is 5.44. The molecule has 1 atom stereocenters. The van der Waals surface area contributed by atoms with E-state index in [9.17, 15) is 0 Å². The number of nitrogens with one attached hydrogen (secondary N) is 1. The molecule has 0 aromatic rings. The number of likely N-dealkylation sites (tertiary alicyclic amines) is 1. The van der Waals surface area contributed by atoms with Gasteiger partial charge in [0.2, 0.25) is 0 Å². The number of hydrogen-bond donors (Lipinski definition) is 1. The van der Waals surface area contributed by atoms with Crippen molar-refractivity contribution in [2.24, 2.45) is 10.9 Å². The predicted molar refractivity (Wildman–Crippen MR) is 83.2 cm³/mol. The van der Waals surface area contributed by atoms with Crippen molar-refractivity contribution in [2.75, 3.05) is 53.0 Å². The molecule has 0 saturated carbocycles. The van der Waals surface area contributed by atoms with E-state index in [-0.39, 0.29) is 0 Å². The van der Waals surface area contributed by atoms with E-state index in [1.807, 2.05) is 7.05 Å². The van der Waals surface area contributed by atoms with Crippen LogP contribution in [0.25, 0.3) is 0 Å². The number of nitrogens with zero attached hydrogens (tertiary/aromatic N) is 3. The first-order valence-corrected chi connectivity index (χ1v) is 7.98. The highest BCUT2D eigenvalue weighted by Crippen LogP contribution is 2.17. The van der Waals surface area contributed by atoms with Gasteiger partial charge >= 0.3 is 0 Å². The molecule has 0 aliphatic carbocycles. The van der Waals surface area contributed by atoms with Gasteiger partial charge < -0.3 is 15.0 Å². The lowest BCUT2D eigenvalue weighted by Gasteiger charge is -2.32. The van der Waals surface area contributed by atoms with Gasteiger partial charge in [0.05, 0.1) is 13.2 Å². The van der Waals surface area contributed by atoms with Crippen LogP contribution in [0.5, 0.6) is 0 Å². The number of ether oxygens (including phenoxy) is 1. The molecule has 5 heteroatoms. The molecule has 0 amide bonds. The molecule has 0 radical (unpaired) electrons. The van der Waals surface area contributed by atoms with E-state index in [0.29, 0.717) is 6.04 Å². The zero-order valence-corrected chi connectivity index (χ0v) is 13.3. The molecule has 0 spiro atoms. The molecule has 116 valence electrons. The highest BCUT2D eigenvalue weighted by molar-refractivity contribution is 5.80. The van der Waals surface area contributed by atoms with Crippen molar-refractivity contribution in [3.63, 3.8) is 0 Å². The van der Waals surface area contributed by atoms with Gasteiger partial charge in [-0.2, -0.15) is 0 Å². The minimum atomic E-state index is 0.669. The third kappa shape index (κ3) is 4.35. The predicted octanol–water partition coefficient (Wildman–Crippen LogP) is 1.01. The van der Waals surface area contributed by atoms with Gasteiger partial charge in [-0.05, 0) is 18.8 Å². The molecule has 0 aromatic heterocycles. The Hall–Kier alpha value is -0.810. The van der Waals surface area contributed by atoms with E-state index < -0.39 is 0 Å². The fraction of sp³-hybridized carbons (Fsp3) is 0.933. The summed E-state index contributed by atoms with van der Waals surface area (Å²) in [7, 11) is 1.89. The summed E-state index contributed by atoms with van der Waals surface area (Å²) in [6.07, 6.45) is 2.44. The molecule has 2 fully saturated rings. The van der Waals surface area contributed by atoms with Crippen LogP contribution in [0.1, 0.15) is 26.7 Å². The number of guanidine groups is 1. The Bertz CT molecular complexity index is 313. The van der Waals surface area contributed by atoms with Gasteiger partial charge in [-0.15, -0.1) is 0 Å². The Morgan fingerprint density at radius 3 is 2.70 bits per heavy atom. The van der Waals surface area contributed by atoms with Crippen LogP contribution >= 0.6 is 0 Å². The SMILES string of the molecule is CN=C(NCCC(C)C)N1CCC(N2CCOCC2)C1.